The second kappa shape index (κ2) is 8.30. The Kier molecular flexibility index (Phi) is 5.76. The first kappa shape index (κ1) is 20.1. The van der Waals surface area contributed by atoms with Gasteiger partial charge in [-0.2, -0.15) is 0 Å². The predicted molar refractivity (Wildman–Crippen MR) is 115 cm³/mol. The number of aliphatic hydroxyl groups is 1. The molecule has 1 fully saturated rings. The fourth-order valence-corrected chi connectivity index (χ4v) is 4.24. The van der Waals surface area contributed by atoms with Crippen LogP contribution in [0, 0.1) is 0 Å². The summed E-state index contributed by atoms with van der Waals surface area (Å²) in [4.78, 5) is 22.5. The number of aliphatic hydroxyl groups excluding tert-OH is 1. The van der Waals surface area contributed by atoms with Crippen LogP contribution >= 0.6 is 23.2 Å². The molecule has 8 heteroatoms. The Hall–Kier alpha value is -2.15. The molecule has 0 aliphatic heterocycles. The minimum atomic E-state index is -0.427. The van der Waals surface area contributed by atoms with Crippen molar-refractivity contribution in [2.75, 3.05) is 18.1 Å². The highest BCUT2D eigenvalue weighted by Crippen LogP contribution is 2.45. The molecule has 0 unspecified atom stereocenters. The minimum Gasteiger partial charge on any atom is -0.395 e. The van der Waals surface area contributed by atoms with Crippen molar-refractivity contribution in [1.29, 1.82) is 0 Å². The van der Waals surface area contributed by atoms with Crippen molar-refractivity contribution in [3.05, 3.63) is 52.2 Å². The Morgan fingerprint density at radius 2 is 2.00 bits per heavy atom. The van der Waals surface area contributed by atoms with Crippen molar-refractivity contribution in [2.45, 2.75) is 38.6 Å². The summed E-state index contributed by atoms with van der Waals surface area (Å²) in [5, 5.41) is 10.7. The topological polar surface area (TPSA) is 71.2 Å². The van der Waals surface area contributed by atoms with E-state index in [4.69, 9.17) is 23.2 Å². The molecular formula is C21H22Cl2N4O2. The van der Waals surface area contributed by atoms with Crippen LogP contribution in [0.15, 0.2) is 30.7 Å². The zero-order valence-electron chi connectivity index (χ0n) is 16.1. The maximum absolute atomic E-state index is 13.3. The largest absolute Gasteiger partial charge is 0.395 e. The highest BCUT2D eigenvalue weighted by atomic mass is 35.5. The summed E-state index contributed by atoms with van der Waals surface area (Å²) in [5.41, 5.74) is 3.23. The van der Waals surface area contributed by atoms with E-state index in [0.29, 0.717) is 11.6 Å². The molecule has 0 saturated heterocycles. The quantitative estimate of drug-likeness (QED) is 0.550. The molecule has 3 aromatic rings. The van der Waals surface area contributed by atoms with Gasteiger partial charge in [0, 0.05) is 30.4 Å². The Morgan fingerprint density at radius 1 is 1.28 bits per heavy atom. The van der Waals surface area contributed by atoms with Crippen LogP contribution in [0.4, 0.5) is 5.69 Å². The van der Waals surface area contributed by atoms with Crippen LogP contribution in [-0.4, -0.2) is 38.7 Å². The molecular weight excluding hydrogens is 411 g/mol. The zero-order chi connectivity index (χ0) is 20.5. The van der Waals surface area contributed by atoms with Crippen LogP contribution in [-0.2, 0) is 6.54 Å². The highest BCUT2D eigenvalue weighted by Gasteiger charge is 2.30. The van der Waals surface area contributed by atoms with Gasteiger partial charge in [-0.15, -0.1) is 0 Å². The first-order chi connectivity index (χ1) is 14.0. The van der Waals surface area contributed by atoms with Gasteiger partial charge in [0.05, 0.1) is 12.1 Å². The van der Waals surface area contributed by atoms with Gasteiger partial charge in [-0.25, -0.2) is 9.97 Å². The molecule has 6 nitrogen and oxygen atoms in total. The lowest BCUT2D eigenvalue weighted by Gasteiger charge is -2.24. The molecule has 0 bridgehead atoms. The number of hydrogen-bond acceptors (Lipinski definition) is 4. The van der Waals surface area contributed by atoms with Crippen LogP contribution in [0.2, 0.25) is 10.3 Å². The van der Waals surface area contributed by atoms with Crippen molar-refractivity contribution in [3.8, 4) is 0 Å². The number of benzene rings is 1. The molecule has 152 valence electrons. The molecule has 1 aromatic carbocycles. The van der Waals surface area contributed by atoms with Gasteiger partial charge in [0.1, 0.15) is 22.2 Å². The summed E-state index contributed by atoms with van der Waals surface area (Å²) in [5.74, 6) is 0.0741. The molecule has 29 heavy (non-hydrogen) atoms. The Morgan fingerprint density at radius 3 is 2.62 bits per heavy atom. The number of aryl methyl sites for hydroxylation is 1. The monoisotopic (exact) mass is 432 g/mol. The van der Waals surface area contributed by atoms with Gasteiger partial charge >= 0.3 is 0 Å². The van der Waals surface area contributed by atoms with Gasteiger partial charge in [0.2, 0.25) is 0 Å². The van der Waals surface area contributed by atoms with Crippen molar-refractivity contribution in [3.63, 3.8) is 0 Å². The van der Waals surface area contributed by atoms with E-state index in [0.717, 1.165) is 31.2 Å². The number of carbonyl (C=O) groups is 1. The van der Waals surface area contributed by atoms with Crippen LogP contribution in [0.1, 0.15) is 48.0 Å². The summed E-state index contributed by atoms with van der Waals surface area (Å²) < 4.78 is 2.28. The van der Waals surface area contributed by atoms with E-state index in [1.54, 1.807) is 0 Å². The van der Waals surface area contributed by atoms with Crippen LogP contribution in [0.3, 0.4) is 0 Å². The van der Waals surface area contributed by atoms with Gasteiger partial charge in [-0.1, -0.05) is 30.1 Å². The summed E-state index contributed by atoms with van der Waals surface area (Å²) in [7, 11) is 0. The molecule has 2 aromatic heterocycles. The number of anilines is 1. The van der Waals surface area contributed by atoms with Gasteiger partial charge in [0.25, 0.3) is 5.91 Å². The first-order valence-electron chi connectivity index (χ1n) is 9.76. The van der Waals surface area contributed by atoms with E-state index in [1.165, 1.54) is 22.3 Å². The Bertz CT molecular complexity index is 1040. The SMILES string of the molecule is CCCn1ccc2cc(N(CCO)C(=O)c3c(Cl)ncnc3Cl)cc(C3CC3)c21. The fourth-order valence-electron chi connectivity index (χ4n) is 3.76. The summed E-state index contributed by atoms with van der Waals surface area (Å²) >= 11 is 12.3. The predicted octanol–water partition coefficient (Wildman–Crippen LogP) is 4.66. The van der Waals surface area contributed by atoms with E-state index in [1.807, 2.05) is 6.07 Å². The fraction of sp³-hybridized carbons (Fsp3) is 0.381. The van der Waals surface area contributed by atoms with Crippen LogP contribution in [0.5, 0.6) is 0 Å². The van der Waals surface area contributed by atoms with Gasteiger partial charge < -0.3 is 14.6 Å². The number of carbonyl (C=O) groups excluding carboxylic acids is 1. The third kappa shape index (κ3) is 3.84. The van der Waals surface area contributed by atoms with Crippen molar-refractivity contribution in [1.82, 2.24) is 14.5 Å². The van der Waals surface area contributed by atoms with E-state index >= 15 is 0 Å². The van der Waals surface area contributed by atoms with Gasteiger partial charge in [0.15, 0.2) is 0 Å². The molecule has 0 spiro atoms. The Balaban J connectivity index is 1.83. The minimum absolute atomic E-state index is 0.00414. The van der Waals surface area contributed by atoms with E-state index < -0.39 is 5.91 Å². The van der Waals surface area contributed by atoms with Crippen molar-refractivity contribution >= 4 is 45.7 Å². The average Bonchev–Trinajstić information content (AvgIpc) is 3.47. The third-order valence-electron chi connectivity index (χ3n) is 5.21. The molecule has 4 rings (SSSR count). The molecule has 1 saturated carbocycles. The molecule has 1 aliphatic rings. The van der Waals surface area contributed by atoms with Gasteiger partial charge in [-0.3, -0.25) is 4.79 Å². The normalized spacial score (nSPS) is 13.8. The summed E-state index contributed by atoms with van der Waals surface area (Å²) in [6, 6.07) is 6.12. The number of nitrogens with zero attached hydrogens (tertiary/aromatic N) is 4. The van der Waals surface area contributed by atoms with E-state index in [9.17, 15) is 9.90 Å². The zero-order valence-corrected chi connectivity index (χ0v) is 17.6. The third-order valence-corrected chi connectivity index (χ3v) is 5.78. The van der Waals surface area contributed by atoms with E-state index in [-0.39, 0.29) is 29.0 Å². The molecule has 0 atom stereocenters. The smallest absolute Gasteiger partial charge is 0.264 e. The molecule has 0 radical (unpaired) electrons. The summed E-state index contributed by atoms with van der Waals surface area (Å²) in [6.45, 7) is 3.04. The number of rotatable bonds is 7. The number of aromatic nitrogens is 3. The second-order valence-electron chi connectivity index (χ2n) is 7.27. The molecule has 1 aliphatic carbocycles. The standard InChI is InChI=1S/C21H22Cl2N4O2/c1-2-6-26-7-5-14-10-15(11-16(18(14)26)13-3-4-13)27(8-9-28)21(29)17-19(22)24-12-25-20(17)23/h5,7,10-13,28H,2-4,6,8-9H2,1H3. The van der Waals surface area contributed by atoms with Crippen molar-refractivity contribution < 1.29 is 9.90 Å². The lowest BCUT2D eigenvalue weighted by molar-refractivity contribution is 0.0980. The van der Waals surface area contributed by atoms with Crippen LogP contribution < -0.4 is 4.90 Å². The lowest BCUT2D eigenvalue weighted by Crippen LogP contribution is -2.34. The summed E-state index contributed by atoms with van der Waals surface area (Å²) in [6.07, 6.45) is 6.66. The molecule has 1 amide bonds. The van der Waals surface area contributed by atoms with E-state index in [2.05, 4.69) is 39.8 Å². The molecule has 2 heterocycles. The number of amides is 1. The van der Waals surface area contributed by atoms with Gasteiger partial charge in [-0.05, 0) is 48.9 Å². The average molecular weight is 433 g/mol. The first-order valence-corrected chi connectivity index (χ1v) is 10.5. The molecule has 1 N–H and O–H groups in total. The second-order valence-corrected chi connectivity index (χ2v) is 7.98. The maximum Gasteiger partial charge on any atom is 0.264 e. The number of fused-ring (bicyclic) bond motifs is 1. The maximum atomic E-state index is 13.3. The number of halogens is 2. The lowest BCUT2D eigenvalue weighted by atomic mass is 10.0. The Labute approximate surface area is 179 Å². The van der Waals surface area contributed by atoms with Crippen LogP contribution in [0.25, 0.3) is 10.9 Å². The number of hydrogen-bond donors (Lipinski definition) is 1. The highest BCUT2D eigenvalue weighted by molar-refractivity contribution is 6.39. The van der Waals surface area contributed by atoms with Crippen molar-refractivity contribution in [2.24, 2.45) is 0 Å².